The van der Waals surface area contributed by atoms with E-state index in [4.69, 9.17) is 0 Å². The van der Waals surface area contributed by atoms with E-state index in [1.807, 2.05) is 0 Å². The van der Waals surface area contributed by atoms with E-state index in [-0.39, 0.29) is 0 Å². The molecule has 1 N–H and O–H groups in total. The molecule has 1 saturated heterocycles. The summed E-state index contributed by atoms with van der Waals surface area (Å²) in [4.78, 5) is 2.82. The number of nitrogens with one attached hydrogen (secondary N) is 1. The third-order valence-corrected chi connectivity index (χ3v) is 4.61. The average molecular weight is 238 g/mol. The number of nitrogens with zero attached hydrogens (tertiary/aromatic N) is 1. The second-order valence-corrected chi connectivity index (χ2v) is 6.65. The fourth-order valence-electron chi connectivity index (χ4n) is 3.69. The summed E-state index contributed by atoms with van der Waals surface area (Å²) in [6, 6.07) is 0.867. The van der Waals surface area contributed by atoms with Crippen molar-refractivity contribution in [2.24, 2.45) is 17.8 Å². The van der Waals surface area contributed by atoms with Crippen molar-refractivity contribution < 1.29 is 0 Å². The minimum Gasteiger partial charge on any atom is -0.316 e. The molecule has 2 fully saturated rings. The summed E-state index contributed by atoms with van der Waals surface area (Å²) in [5.41, 5.74) is 0. The van der Waals surface area contributed by atoms with Gasteiger partial charge in [-0.25, -0.2) is 0 Å². The Bertz CT molecular complexity index is 217. The molecule has 1 aliphatic carbocycles. The Morgan fingerprint density at radius 2 is 1.47 bits per heavy atom. The van der Waals surface area contributed by atoms with Gasteiger partial charge in [0.15, 0.2) is 0 Å². The first kappa shape index (κ1) is 13.4. The second kappa shape index (κ2) is 6.19. The van der Waals surface area contributed by atoms with Gasteiger partial charge in [0.2, 0.25) is 0 Å². The number of hydrogen-bond donors (Lipinski definition) is 1. The quantitative estimate of drug-likeness (QED) is 0.755. The zero-order valence-corrected chi connectivity index (χ0v) is 11.9. The standard InChI is InChI=1S/C15H30N2/c1-12-8-16-9-13(2)11-17(10-12)15-7-5-4-6-14(15)3/h12-16H,4-11H2,1-3H3. The maximum Gasteiger partial charge on any atom is 0.0121 e. The molecule has 1 heterocycles. The van der Waals surface area contributed by atoms with Crippen molar-refractivity contribution >= 4 is 0 Å². The van der Waals surface area contributed by atoms with Crippen molar-refractivity contribution in [3.05, 3.63) is 0 Å². The molecule has 2 aliphatic rings. The summed E-state index contributed by atoms with van der Waals surface area (Å²) < 4.78 is 0. The fourth-order valence-corrected chi connectivity index (χ4v) is 3.69. The van der Waals surface area contributed by atoms with Crippen LogP contribution in [0, 0.1) is 17.8 Å². The van der Waals surface area contributed by atoms with Crippen LogP contribution in [0.4, 0.5) is 0 Å². The molecule has 17 heavy (non-hydrogen) atoms. The van der Waals surface area contributed by atoms with Gasteiger partial charge in [-0.3, -0.25) is 4.90 Å². The highest BCUT2D eigenvalue weighted by Gasteiger charge is 2.29. The third-order valence-electron chi connectivity index (χ3n) is 4.61. The van der Waals surface area contributed by atoms with Crippen molar-refractivity contribution in [2.75, 3.05) is 26.2 Å². The van der Waals surface area contributed by atoms with Crippen LogP contribution in [0.5, 0.6) is 0 Å². The van der Waals surface area contributed by atoms with Crippen LogP contribution in [-0.2, 0) is 0 Å². The van der Waals surface area contributed by atoms with Gasteiger partial charge in [-0.2, -0.15) is 0 Å². The lowest BCUT2D eigenvalue weighted by atomic mass is 9.84. The van der Waals surface area contributed by atoms with Gasteiger partial charge in [0, 0.05) is 19.1 Å². The Labute approximate surface area is 107 Å². The van der Waals surface area contributed by atoms with E-state index >= 15 is 0 Å². The van der Waals surface area contributed by atoms with E-state index in [0.717, 1.165) is 23.8 Å². The predicted molar refractivity (Wildman–Crippen MR) is 74.2 cm³/mol. The van der Waals surface area contributed by atoms with E-state index in [2.05, 4.69) is 31.0 Å². The van der Waals surface area contributed by atoms with E-state index in [1.165, 1.54) is 51.9 Å². The Morgan fingerprint density at radius 1 is 0.882 bits per heavy atom. The fraction of sp³-hybridized carbons (Fsp3) is 1.00. The van der Waals surface area contributed by atoms with Gasteiger partial charge < -0.3 is 5.32 Å². The molecule has 0 bridgehead atoms. The van der Waals surface area contributed by atoms with Gasteiger partial charge in [0.05, 0.1) is 0 Å². The second-order valence-electron chi connectivity index (χ2n) is 6.65. The molecule has 100 valence electrons. The highest BCUT2D eigenvalue weighted by atomic mass is 15.2. The highest BCUT2D eigenvalue weighted by Crippen LogP contribution is 2.29. The third kappa shape index (κ3) is 3.69. The average Bonchev–Trinajstić information content (AvgIpc) is 2.26. The van der Waals surface area contributed by atoms with Gasteiger partial charge >= 0.3 is 0 Å². The molecule has 0 aromatic carbocycles. The topological polar surface area (TPSA) is 15.3 Å². The molecule has 2 rings (SSSR count). The lowest BCUT2D eigenvalue weighted by Crippen LogP contribution is -2.49. The lowest BCUT2D eigenvalue weighted by Gasteiger charge is -2.42. The molecule has 4 atom stereocenters. The van der Waals surface area contributed by atoms with Crippen molar-refractivity contribution in [1.29, 1.82) is 0 Å². The Balaban J connectivity index is 1.99. The summed E-state index contributed by atoms with van der Waals surface area (Å²) in [5.74, 6) is 2.52. The van der Waals surface area contributed by atoms with Gasteiger partial charge in [-0.15, -0.1) is 0 Å². The molecule has 0 spiro atoms. The van der Waals surface area contributed by atoms with Crippen LogP contribution < -0.4 is 5.32 Å². The molecule has 1 saturated carbocycles. The molecule has 0 aromatic heterocycles. The molecule has 0 radical (unpaired) electrons. The molecular formula is C15H30N2. The van der Waals surface area contributed by atoms with Crippen LogP contribution in [0.3, 0.4) is 0 Å². The molecule has 2 nitrogen and oxygen atoms in total. The summed E-state index contributed by atoms with van der Waals surface area (Å²) in [6.45, 7) is 12.2. The predicted octanol–water partition coefficient (Wildman–Crippen LogP) is 2.74. The first-order valence-corrected chi connectivity index (χ1v) is 7.61. The molecular weight excluding hydrogens is 208 g/mol. The first-order valence-electron chi connectivity index (χ1n) is 7.61. The van der Waals surface area contributed by atoms with Crippen LogP contribution in [0.15, 0.2) is 0 Å². The van der Waals surface area contributed by atoms with E-state index in [0.29, 0.717) is 0 Å². The molecule has 4 unspecified atom stereocenters. The van der Waals surface area contributed by atoms with Crippen molar-refractivity contribution in [1.82, 2.24) is 10.2 Å². The van der Waals surface area contributed by atoms with Crippen molar-refractivity contribution in [3.8, 4) is 0 Å². The molecule has 0 aromatic rings. The maximum atomic E-state index is 3.59. The van der Waals surface area contributed by atoms with E-state index in [9.17, 15) is 0 Å². The summed E-state index contributed by atoms with van der Waals surface area (Å²) in [5, 5.41) is 3.59. The van der Waals surface area contributed by atoms with Gasteiger partial charge in [0.25, 0.3) is 0 Å². The van der Waals surface area contributed by atoms with Crippen molar-refractivity contribution in [2.45, 2.75) is 52.5 Å². The minimum absolute atomic E-state index is 0.802. The molecule has 0 amide bonds. The SMILES string of the molecule is CC1CNCC(C)CN(C2CCCCC2C)C1. The van der Waals surface area contributed by atoms with Gasteiger partial charge in [0.1, 0.15) is 0 Å². The summed E-state index contributed by atoms with van der Waals surface area (Å²) >= 11 is 0. The van der Waals surface area contributed by atoms with Crippen molar-refractivity contribution in [3.63, 3.8) is 0 Å². The van der Waals surface area contributed by atoms with Crippen LogP contribution in [0.2, 0.25) is 0 Å². The van der Waals surface area contributed by atoms with E-state index in [1.54, 1.807) is 0 Å². The maximum absolute atomic E-state index is 3.59. The summed E-state index contributed by atoms with van der Waals surface area (Å²) in [7, 11) is 0. The first-order chi connectivity index (χ1) is 8.16. The smallest absolute Gasteiger partial charge is 0.0121 e. The Hall–Kier alpha value is -0.0800. The van der Waals surface area contributed by atoms with Crippen LogP contribution >= 0.6 is 0 Å². The largest absolute Gasteiger partial charge is 0.316 e. The zero-order valence-electron chi connectivity index (χ0n) is 11.9. The minimum atomic E-state index is 0.802. The van der Waals surface area contributed by atoms with E-state index < -0.39 is 0 Å². The highest BCUT2D eigenvalue weighted by molar-refractivity contribution is 4.84. The summed E-state index contributed by atoms with van der Waals surface area (Å²) in [6.07, 6.45) is 5.79. The lowest BCUT2D eigenvalue weighted by molar-refractivity contribution is 0.0749. The number of hydrogen-bond acceptors (Lipinski definition) is 2. The Morgan fingerprint density at radius 3 is 2.06 bits per heavy atom. The van der Waals surface area contributed by atoms with Gasteiger partial charge in [-0.05, 0) is 43.7 Å². The van der Waals surface area contributed by atoms with Crippen LogP contribution in [-0.4, -0.2) is 37.1 Å². The van der Waals surface area contributed by atoms with Crippen LogP contribution in [0.25, 0.3) is 0 Å². The normalized spacial score (nSPS) is 41.8. The monoisotopic (exact) mass is 238 g/mol. The van der Waals surface area contributed by atoms with Crippen LogP contribution in [0.1, 0.15) is 46.5 Å². The van der Waals surface area contributed by atoms with Gasteiger partial charge in [-0.1, -0.05) is 33.6 Å². The molecule has 2 heteroatoms. The molecule has 1 aliphatic heterocycles. The number of rotatable bonds is 1. The Kier molecular flexibility index (Phi) is 4.87. The zero-order chi connectivity index (χ0) is 12.3.